The van der Waals surface area contributed by atoms with Gasteiger partial charge in [0, 0.05) is 62.3 Å². The number of H-pyrrole nitrogens is 3. The van der Waals surface area contributed by atoms with Crippen molar-refractivity contribution in [1.29, 1.82) is 0 Å². The fourth-order valence-corrected chi connectivity index (χ4v) is 6.50. The van der Waals surface area contributed by atoms with Crippen LogP contribution in [0.5, 0.6) is 0 Å². The molecule has 8 bridgehead atoms. The van der Waals surface area contributed by atoms with Gasteiger partial charge in [-0.2, -0.15) is 0 Å². The highest BCUT2D eigenvalue weighted by Gasteiger charge is 2.48. The van der Waals surface area contributed by atoms with Crippen LogP contribution in [0, 0.1) is 26.7 Å². The summed E-state index contributed by atoms with van der Waals surface area (Å²) in [5, 5.41) is 16.8. The number of esters is 1. The van der Waals surface area contributed by atoms with E-state index in [1.807, 2.05) is 32.1 Å². The van der Waals surface area contributed by atoms with Gasteiger partial charge in [0.2, 0.25) is 0 Å². The van der Waals surface area contributed by atoms with Gasteiger partial charge in [0.25, 0.3) is 0 Å². The minimum Gasteiger partial charge on any atom is -0.468 e. The van der Waals surface area contributed by atoms with Crippen LogP contribution < -0.4 is 16.0 Å². The minimum absolute atomic E-state index is 0.206. The van der Waals surface area contributed by atoms with Crippen LogP contribution >= 0.6 is 0 Å². The van der Waals surface area contributed by atoms with E-state index < -0.39 is 17.5 Å². The van der Waals surface area contributed by atoms with Crippen LogP contribution in [-0.4, -0.2) is 44.5 Å². The summed E-state index contributed by atoms with van der Waals surface area (Å²) in [6, 6.07) is 0. The summed E-state index contributed by atoms with van der Waals surface area (Å²) in [6.07, 6.45) is 8.90. The molecule has 8 heteroatoms. The Kier molecular flexibility index (Phi) is 5.75. The lowest BCUT2D eigenvalue weighted by Gasteiger charge is -2.16. The number of aromatic amines is 3. The second-order valence-corrected chi connectivity index (χ2v) is 11.2. The quantitative estimate of drug-likeness (QED) is 0.259. The number of hydrogen-bond acceptors (Lipinski definition) is 5. The van der Waals surface area contributed by atoms with E-state index in [9.17, 15) is 14.7 Å². The minimum atomic E-state index is -1.25. The molecule has 40 heavy (non-hydrogen) atoms. The Morgan fingerprint density at radius 1 is 1.07 bits per heavy atom. The number of aromatic nitrogens is 3. The molecule has 5 N–H and O–H groups in total. The van der Waals surface area contributed by atoms with E-state index >= 15 is 0 Å². The van der Waals surface area contributed by atoms with Gasteiger partial charge in [-0.3, -0.25) is 9.59 Å². The number of nitrogens with one attached hydrogen (secondary N) is 4. The first-order valence-electron chi connectivity index (χ1n) is 13.6. The van der Waals surface area contributed by atoms with Gasteiger partial charge in [0.05, 0.1) is 12.8 Å². The molecule has 206 valence electrons. The SMILES string of the molecule is C=Cc1c2[nH]c(c1C)/C=C1\N/C(=C3\c4[nH]c(c(C)c4C(=O)[C@@H]3C(=O)OC)/C=c3\[nH]/c(c(C)c3CC)=C\2)C[C@@]1(C)O. The summed E-state index contributed by atoms with van der Waals surface area (Å²) in [6.45, 7) is 13.9. The number of Topliss-reactive ketones (excluding diaryl/α,β-unsaturated/α-hetero) is 1. The van der Waals surface area contributed by atoms with Crippen molar-refractivity contribution >= 4 is 41.6 Å². The van der Waals surface area contributed by atoms with Crippen molar-refractivity contribution in [3.05, 3.63) is 84.8 Å². The lowest BCUT2D eigenvalue weighted by atomic mass is 9.94. The van der Waals surface area contributed by atoms with E-state index in [1.165, 1.54) is 12.7 Å². The summed E-state index contributed by atoms with van der Waals surface area (Å²) in [4.78, 5) is 37.3. The predicted octanol–water partition coefficient (Wildman–Crippen LogP) is 3.25. The second kappa shape index (κ2) is 8.86. The third-order valence-electron chi connectivity index (χ3n) is 8.75. The average Bonchev–Trinajstić information content (AvgIpc) is 3.64. The van der Waals surface area contributed by atoms with Crippen molar-refractivity contribution in [1.82, 2.24) is 20.3 Å². The van der Waals surface area contributed by atoms with Crippen molar-refractivity contribution in [3.8, 4) is 0 Å². The Labute approximate surface area is 232 Å². The number of ether oxygens (including phenoxy) is 1. The third-order valence-corrected chi connectivity index (χ3v) is 8.75. The molecule has 0 aromatic carbocycles. The summed E-state index contributed by atoms with van der Waals surface area (Å²) in [5.74, 6) is -2.03. The molecule has 6 rings (SSSR count). The smallest absolute Gasteiger partial charge is 0.321 e. The van der Waals surface area contributed by atoms with Gasteiger partial charge in [-0.25, -0.2) is 0 Å². The molecule has 5 heterocycles. The number of ketones is 1. The zero-order chi connectivity index (χ0) is 28.7. The first kappa shape index (κ1) is 26.0. The van der Waals surface area contributed by atoms with Crippen LogP contribution in [0.1, 0.15) is 81.2 Å². The highest BCUT2D eigenvalue weighted by Crippen LogP contribution is 2.46. The van der Waals surface area contributed by atoms with Gasteiger partial charge < -0.3 is 30.1 Å². The highest BCUT2D eigenvalue weighted by molar-refractivity contribution is 6.24. The molecule has 1 fully saturated rings. The molecule has 8 nitrogen and oxygen atoms in total. The molecule has 1 aliphatic carbocycles. The van der Waals surface area contributed by atoms with Crippen molar-refractivity contribution in [2.45, 2.75) is 53.1 Å². The van der Waals surface area contributed by atoms with E-state index in [1.54, 1.807) is 6.92 Å². The topological polar surface area (TPSA) is 123 Å². The number of methoxy groups -OCH3 is 1. The van der Waals surface area contributed by atoms with Crippen LogP contribution in [0.3, 0.4) is 0 Å². The summed E-state index contributed by atoms with van der Waals surface area (Å²) >= 11 is 0. The predicted molar refractivity (Wildman–Crippen MR) is 156 cm³/mol. The molecule has 0 spiro atoms. The molecule has 3 aromatic rings. The number of carbonyl (C=O) groups excluding carboxylic acids is 2. The van der Waals surface area contributed by atoms with Crippen molar-refractivity contribution in [2.24, 2.45) is 5.92 Å². The molecule has 3 aliphatic rings. The Hall–Kier alpha value is -4.30. The van der Waals surface area contributed by atoms with E-state index in [0.29, 0.717) is 28.2 Å². The largest absolute Gasteiger partial charge is 0.468 e. The molecular weight excluding hydrogens is 504 g/mol. The zero-order valence-electron chi connectivity index (χ0n) is 23.7. The normalized spacial score (nSPS) is 25.9. The lowest BCUT2D eigenvalue weighted by molar-refractivity contribution is -0.141. The molecule has 0 radical (unpaired) electrons. The van der Waals surface area contributed by atoms with Crippen molar-refractivity contribution in [3.63, 3.8) is 0 Å². The lowest BCUT2D eigenvalue weighted by Crippen LogP contribution is -2.24. The Bertz CT molecular complexity index is 1840. The molecule has 2 aliphatic heterocycles. The van der Waals surface area contributed by atoms with Crippen LogP contribution in [0.2, 0.25) is 0 Å². The first-order chi connectivity index (χ1) is 19.0. The number of carbonyl (C=O) groups is 2. The number of hydrogen-bond donors (Lipinski definition) is 5. The average molecular weight is 539 g/mol. The van der Waals surface area contributed by atoms with Gasteiger partial charge >= 0.3 is 5.97 Å². The molecule has 2 atom stereocenters. The maximum Gasteiger partial charge on any atom is 0.321 e. The van der Waals surface area contributed by atoms with Gasteiger partial charge in [0.1, 0.15) is 11.5 Å². The fourth-order valence-electron chi connectivity index (χ4n) is 6.50. The number of fused-ring (bicyclic) bond motifs is 7. The Morgan fingerprint density at radius 3 is 2.45 bits per heavy atom. The van der Waals surface area contributed by atoms with E-state index in [2.05, 4.69) is 46.8 Å². The molecular formula is C32H34N4O4. The maximum absolute atomic E-state index is 13.8. The van der Waals surface area contributed by atoms with Crippen LogP contribution in [0.15, 0.2) is 18.0 Å². The third kappa shape index (κ3) is 3.55. The Morgan fingerprint density at radius 2 is 1.77 bits per heavy atom. The molecule has 0 amide bonds. The van der Waals surface area contributed by atoms with E-state index in [4.69, 9.17) is 4.74 Å². The summed E-state index contributed by atoms with van der Waals surface area (Å²) in [5.41, 5.74) is 9.15. The molecule has 0 unspecified atom stereocenters. The first-order valence-corrected chi connectivity index (χ1v) is 13.6. The fraction of sp³-hybridized carbons (Fsp3) is 0.312. The number of rotatable bonds is 3. The van der Waals surface area contributed by atoms with Crippen molar-refractivity contribution < 1.29 is 19.4 Å². The summed E-state index contributed by atoms with van der Waals surface area (Å²) < 4.78 is 5.08. The van der Waals surface area contributed by atoms with Crippen LogP contribution in [0.25, 0.3) is 29.9 Å². The van der Waals surface area contributed by atoms with Gasteiger partial charge in [-0.05, 0) is 74.6 Å². The monoisotopic (exact) mass is 538 g/mol. The molecule has 3 aromatic heterocycles. The second-order valence-electron chi connectivity index (χ2n) is 11.2. The van der Waals surface area contributed by atoms with Crippen LogP contribution in [0.4, 0.5) is 0 Å². The number of aliphatic hydroxyl groups is 1. The standard InChI is InChI=1S/C32H34N4O4/c1-8-17-14(3)19-10-22-18(9-2)15(4)21(34-22)12-25-32(6,39)13-24(35-25)27-28(31(38)40-7)30(37)26-16(5)20(36-29(26)27)11-23(17)33-19/h9-12,28,33-36,39H,2,8,13H2,1,3-7H3/b19-10-,23-11-,25-12-,27-24-/t28-,32-/m1/s1. The molecule has 1 saturated heterocycles. The van der Waals surface area contributed by atoms with E-state index in [0.717, 1.165) is 56.5 Å². The van der Waals surface area contributed by atoms with Crippen LogP contribution in [-0.2, 0) is 16.0 Å². The summed E-state index contributed by atoms with van der Waals surface area (Å²) in [7, 11) is 1.29. The Balaban J connectivity index is 1.74. The van der Waals surface area contributed by atoms with E-state index in [-0.39, 0.29) is 12.2 Å². The highest BCUT2D eigenvalue weighted by atomic mass is 16.5. The van der Waals surface area contributed by atoms with Crippen molar-refractivity contribution in [2.75, 3.05) is 7.11 Å². The van der Waals surface area contributed by atoms with Gasteiger partial charge in [-0.1, -0.05) is 19.6 Å². The van der Waals surface area contributed by atoms with Gasteiger partial charge in [0.15, 0.2) is 5.78 Å². The molecule has 0 saturated carbocycles. The zero-order valence-corrected chi connectivity index (χ0v) is 23.7. The van der Waals surface area contributed by atoms with Gasteiger partial charge in [-0.15, -0.1) is 0 Å². The maximum atomic E-state index is 13.8.